The van der Waals surface area contributed by atoms with E-state index in [4.69, 9.17) is 21.1 Å². The van der Waals surface area contributed by atoms with Gasteiger partial charge in [-0.05, 0) is 47.7 Å². The third-order valence-corrected chi connectivity index (χ3v) is 5.49. The normalized spacial score (nSPS) is 11.6. The van der Waals surface area contributed by atoms with Crippen LogP contribution < -0.4 is 5.32 Å². The molecule has 0 aliphatic heterocycles. The summed E-state index contributed by atoms with van der Waals surface area (Å²) in [6.45, 7) is 2.05. The summed E-state index contributed by atoms with van der Waals surface area (Å²) in [4.78, 5) is 36.5. The number of amides is 1. The Morgan fingerprint density at radius 3 is 2.31 bits per heavy atom. The van der Waals surface area contributed by atoms with Gasteiger partial charge < -0.3 is 14.8 Å². The largest absolute Gasteiger partial charge is 0.463 e. The predicted molar refractivity (Wildman–Crippen MR) is 139 cm³/mol. The third kappa shape index (κ3) is 9.04. The number of benzene rings is 3. The number of hydrogen-bond donors (Lipinski definition) is 1. The maximum atomic E-state index is 12.5. The number of ether oxygens (including phenoxy) is 2. The molecule has 0 spiro atoms. The first-order valence-corrected chi connectivity index (χ1v) is 12.0. The standard InChI is InChI=1S/C29H28ClNO5/c1-2-35-28(33)16-15-27(32)31-26(19-29(34)36-20-22-7-4-3-5-8-22)17-21-11-13-23(14-12-21)24-9-6-10-25(30)18-24/h3-16,18,26H,2,17,19-20H2,1H3,(H,31,32). The van der Waals surface area contributed by atoms with E-state index in [-0.39, 0.29) is 19.6 Å². The lowest BCUT2D eigenvalue weighted by Crippen LogP contribution is -2.37. The van der Waals surface area contributed by atoms with Gasteiger partial charge in [0.1, 0.15) is 6.61 Å². The van der Waals surface area contributed by atoms with Crippen LogP contribution in [0, 0.1) is 0 Å². The van der Waals surface area contributed by atoms with E-state index in [1.165, 1.54) is 0 Å². The van der Waals surface area contributed by atoms with Gasteiger partial charge in [-0.3, -0.25) is 9.59 Å². The SMILES string of the molecule is CCOC(=O)C=CC(=O)NC(CC(=O)OCc1ccccc1)Cc1ccc(-c2cccc(Cl)c2)cc1. The second-order valence-electron chi connectivity index (χ2n) is 8.05. The second-order valence-corrected chi connectivity index (χ2v) is 8.49. The van der Waals surface area contributed by atoms with E-state index in [1.807, 2.05) is 78.9 Å². The van der Waals surface area contributed by atoms with Gasteiger partial charge in [-0.25, -0.2) is 4.79 Å². The number of esters is 2. The van der Waals surface area contributed by atoms with Crippen LogP contribution in [0.15, 0.2) is 91.0 Å². The molecule has 0 aliphatic carbocycles. The predicted octanol–water partition coefficient (Wildman–Crippen LogP) is 5.29. The molecule has 1 atom stereocenters. The van der Waals surface area contributed by atoms with E-state index in [0.29, 0.717) is 11.4 Å². The van der Waals surface area contributed by atoms with Crippen molar-refractivity contribution in [3.63, 3.8) is 0 Å². The van der Waals surface area contributed by atoms with Crippen molar-refractivity contribution >= 4 is 29.4 Å². The Morgan fingerprint density at radius 2 is 1.61 bits per heavy atom. The molecule has 6 nitrogen and oxygen atoms in total. The van der Waals surface area contributed by atoms with Crippen molar-refractivity contribution in [3.05, 3.63) is 107 Å². The van der Waals surface area contributed by atoms with E-state index >= 15 is 0 Å². The number of hydrogen-bond acceptors (Lipinski definition) is 5. The Balaban J connectivity index is 1.67. The van der Waals surface area contributed by atoms with Gasteiger partial charge in [-0.15, -0.1) is 0 Å². The molecule has 1 amide bonds. The van der Waals surface area contributed by atoms with Crippen molar-refractivity contribution in [1.29, 1.82) is 0 Å². The average molecular weight is 506 g/mol. The summed E-state index contributed by atoms with van der Waals surface area (Å²) < 4.78 is 10.2. The summed E-state index contributed by atoms with van der Waals surface area (Å²) in [5, 5.41) is 3.45. The molecule has 3 rings (SSSR count). The highest BCUT2D eigenvalue weighted by molar-refractivity contribution is 6.30. The zero-order valence-electron chi connectivity index (χ0n) is 20.0. The Kier molecular flexibility index (Phi) is 10.3. The van der Waals surface area contributed by atoms with Crippen LogP contribution in [-0.2, 0) is 36.9 Å². The zero-order valence-corrected chi connectivity index (χ0v) is 20.7. The lowest BCUT2D eigenvalue weighted by molar-refractivity contribution is -0.145. The number of rotatable bonds is 11. The molecule has 0 saturated heterocycles. The van der Waals surface area contributed by atoms with Crippen LogP contribution in [0.3, 0.4) is 0 Å². The fourth-order valence-corrected chi connectivity index (χ4v) is 3.73. The van der Waals surface area contributed by atoms with Crippen molar-refractivity contribution < 1.29 is 23.9 Å². The number of halogens is 1. The van der Waals surface area contributed by atoms with Crippen LogP contribution >= 0.6 is 11.6 Å². The molecule has 0 radical (unpaired) electrons. The van der Waals surface area contributed by atoms with E-state index in [0.717, 1.165) is 34.4 Å². The van der Waals surface area contributed by atoms with Gasteiger partial charge in [-0.1, -0.05) is 78.3 Å². The molecule has 0 bridgehead atoms. The van der Waals surface area contributed by atoms with Gasteiger partial charge in [0.25, 0.3) is 0 Å². The Bertz CT molecular complexity index is 1190. The summed E-state index contributed by atoms with van der Waals surface area (Å²) >= 11 is 6.10. The number of nitrogens with one attached hydrogen (secondary N) is 1. The van der Waals surface area contributed by atoms with Gasteiger partial charge in [0.05, 0.1) is 13.0 Å². The highest BCUT2D eigenvalue weighted by Crippen LogP contribution is 2.23. The van der Waals surface area contributed by atoms with Crippen LogP contribution in [0.5, 0.6) is 0 Å². The topological polar surface area (TPSA) is 81.7 Å². The fourth-order valence-electron chi connectivity index (χ4n) is 3.54. The summed E-state index contributed by atoms with van der Waals surface area (Å²) in [6, 6.07) is 24.2. The van der Waals surface area contributed by atoms with E-state index in [9.17, 15) is 14.4 Å². The highest BCUT2D eigenvalue weighted by Gasteiger charge is 2.18. The molecule has 3 aromatic rings. The summed E-state index contributed by atoms with van der Waals surface area (Å²) in [7, 11) is 0. The fraction of sp³-hybridized carbons (Fsp3) is 0.207. The molecule has 1 N–H and O–H groups in total. The maximum absolute atomic E-state index is 12.5. The van der Waals surface area contributed by atoms with Crippen LogP contribution in [0.1, 0.15) is 24.5 Å². The maximum Gasteiger partial charge on any atom is 0.330 e. The lowest BCUT2D eigenvalue weighted by atomic mass is 9.99. The molecule has 0 fully saturated rings. The van der Waals surface area contributed by atoms with Gasteiger partial charge in [0, 0.05) is 23.2 Å². The van der Waals surface area contributed by atoms with Crippen molar-refractivity contribution in [2.24, 2.45) is 0 Å². The minimum atomic E-state index is -0.608. The van der Waals surface area contributed by atoms with Gasteiger partial charge >= 0.3 is 11.9 Å². The number of carbonyl (C=O) groups is 3. The summed E-state index contributed by atoms with van der Waals surface area (Å²) in [6.07, 6.45) is 2.53. The smallest absolute Gasteiger partial charge is 0.330 e. The van der Waals surface area contributed by atoms with Crippen molar-refractivity contribution in [1.82, 2.24) is 5.32 Å². The molecule has 0 aliphatic rings. The summed E-state index contributed by atoms with van der Waals surface area (Å²) in [5.41, 5.74) is 3.80. The van der Waals surface area contributed by atoms with Crippen LogP contribution in [0.2, 0.25) is 5.02 Å². The molecule has 7 heteroatoms. The first-order chi connectivity index (χ1) is 17.4. The number of carbonyl (C=O) groups excluding carboxylic acids is 3. The minimum Gasteiger partial charge on any atom is -0.463 e. The van der Waals surface area contributed by atoms with Gasteiger partial charge in [0.2, 0.25) is 5.91 Å². The molecule has 0 heterocycles. The van der Waals surface area contributed by atoms with E-state index < -0.39 is 23.9 Å². The first-order valence-electron chi connectivity index (χ1n) is 11.6. The van der Waals surface area contributed by atoms with E-state index in [1.54, 1.807) is 6.92 Å². The zero-order chi connectivity index (χ0) is 25.8. The molecular formula is C29H28ClNO5. The van der Waals surface area contributed by atoms with Gasteiger partial charge in [-0.2, -0.15) is 0 Å². The molecule has 3 aromatic carbocycles. The van der Waals surface area contributed by atoms with Crippen LogP contribution in [-0.4, -0.2) is 30.5 Å². The molecule has 36 heavy (non-hydrogen) atoms. The highest BCUT2D eigenvalue weighted by atomic mass is 35.5. The Hall–Kier alpha value is -3.90. The average Bonchev–Trinajstić information content (AvgIpc) is 2.87. The molecule has 186 valence electrons. The summed E-state index contributed by atoms with van der Waals surface area (Å²) in [5.74, 6) is -1.54. The van der Waals surface area contributed by atoms with Crippen molar-refractivity contribution in [3.8, 4) is 11.1 Å². The van der Waals surface area contributed by atoms with Gasteiger partial charge in [0.15, 0.2) is 0 Å². The molecule has 1 unspecified atom stereocenters. The van der Waals surface area contributed by atoms with Crippen LogP contribution in [0.25, 0.3) is 11.1 Å². The molecular weight excluding hydrogens is 478 g/mol. The molecule has 0 aromatic heterocycles. The van der Waals surface area contributed by atoms with E-state index in [2.05, 4.69) is 5.32 Å². The quantitative estimate of drug-likeness (QED) is 0.283. The minimum absolute atomic E-state index is 0.0259. The van der Waals surface area contributed by atoms with Crippen molar-refractivity contribution in [2.45, 2.75) is 32.4 Å². The second kappa shape index (κ2) is 13.9. The van der Waals surface area contributed by atoms with Crippen molar-refractivity contribution in [2.75, 3.05) is 6.61 Å². The molecule has 0 saturated carbocycles. The Labute approximate surface area is 215 Å². The monoisotopic (exact) mass is 505 g/mol. The first kappa shape index (κ1) is 26.7. The lowest BCUT2D eigenvalue weighted by Gasteiger charge is -2.18. The Morgan fingerprint density at radius 1 is 0.861 bits per heavy atom. The third-order valence-electron chi connectivity index (χ3n) is 5.25. The van der Waals surface area contributed by atoms with Crippen LogP contribution in [0.4, 0.5) is 0 Å².